The number of cyclic esters (lactones) is 2. The van der Waals surface area contributed by atoms with Crippen molar-refractivity contribution in [2.75, 3.05) is 0 Å². The number of esters is 2. The van der Waals surface area contributed by atoms with Crippen LogP contribution in [0, 0.1) is 0 Å². The summed E-state index contributed by atoms with van der Waals surface area (Å²) in [5, 5.41) is 0. The Balaban J connectivity index is 2.61. The zero-order valence-corrected chi connectivity index (χ0v) is 7.20. The summed E-state index contributed by atoms with van der Waals surface area (Å²) in [6.45, 7) is 3.54. The summed E-state index contributed by atoms with van der Waals surface area (Å²) in [6, 6.07) is 0. The van der Waals surface area contributed by atoms with Gasteiger partial charge in [-0.1, -0.05) is 13.8 Å². The molecule has 0 radical (unpaired) electrons. The van der Waals surface area contributed by atoms with Crippen LogP contribution < -0.4 is 0 Å². The Bertz CT molecular complexity index is 177. The molecule has 0 spiro atoms. The third kappa shape index (κ3) is 1.57. The van der Waals surface area contributed by atoms with E-state index < -0.39 is 24.1 Å². The van der Waals surface area contributed by atoms with Crippen LogP contribution in [0.1, 0.15) is 26.7 Å². The summed E-state index contributed by atoms with van der Waals surface area (Å²) in [5.41, 5.74) is 0. The first-order valence-corrected chi connectivity index (χ1v) is 4.10. The van der Waals surface area contributed by atoms with E-state index in [0.29, 0.717) is 12.8 Å². The van der Waals surface area contributed by atoms with Gasteiger partial charge in [-0.25, -0.2) is 9.59 Å². The van der Waals surface area contributed by atoms with Gasteiger partial charge < -0.3 is 9.47 Å². The fourth-order valence-electron chi connectivity index (χ4n) is 1.03. The molecule has 1 aliphatic rings. The van der Waals surface area contributed by atoms with Gasteiger partial charge in [-0.2, -0.15) is 0 Å². The average molecular weight is 172 g/mol. The van der Waals surface area contributed by atoms with Crippen LogP contribution in [0.5, 0.6) is 0 Å². The SMILES string of the molecule is CC[C@H]1OC(=O)[C@@H](CC)OC1=O. The molecule has 1 saturated heterocycles. The highest BCUT2D eigenvalue weighted by atomic mass is 16.6. The highest BCUT2D eigenvalue weighted by Crippen LogP contribution is 2.14. The van der Waals surface area contributed by atoms with Crippen LogP contribution in [-0.4, -0.2) is 24.1 Å². The maximum absolute atomic E-state index is 11.0. The summed E-state index contributed by atoms with van der Waals surface area (Å²) in [4.78, 5) is 22.1. The molecule has 12 heavy (non-hydrogen) atoms. The maximum Gasteiger partial charge on any atom is 0.348 e. The number of hydrogen-bond donors (Lipinski definition) is 0. The Kier molecular flexibility index (Phi) is 2.68. The number of carbonyl (C=O) groups is 2. The van der Waals surface area contributed by atoms with Crippen molar-refractivity contribution >= 4 is 11.9 Å². The molecule has 68 valence electrons. The first-order chi connectivity index (χ1) is 5.69. The van der Waals surface area contributed by atoms with E-state index >= 15 is 0 Å². The Morgan fingerprint density at radius 3 is 1.58 bits per heavy atom. The van der Waals surface area contributed by atoms with Crippen molar-refractivity contribution in [2.45, 2.75) is 38.9 Å². The van der Waals surface area contributed by atoms with Gasteiger partial charge in [0.1, 0.15) is 0 Å². The van der Waals surface area contributed by atoms with E-state index in [9.17, 15) is 9.59 Å². The zero-order valence-electron chi connectivity index (χ0n) is 7.20. The quantitative estimate of drug-likeness (QED) is 0.574. The van der Waals surface area contributed by atoms with Crippen LogP contribution in [0.15, 0.2) is 0 Å². The molecule has 0 saturated carbocycles. The molecule has 4 heteroatoms. The Hall–Kier alpha value is -1.06. The van der Waals surface area contributed by atoms with Gasteiger partial charge in [-0.15, -0.1) is 0 Å². The predicted octanol–water partition coefficient (Wildman–Crippen LogP) is 0.644. The smallest absolute Gasteiger partial charge is 0.348 e. The standard InChI is InChI=1S/C8H12O4/c1-3-5-7(9)12-6(4-2)8(10)11-5/h5-6H,3-4H2,1-2H3/t5-,6-/m1/s1. The van der Waals surface area contributed by atoms with Crippen LogP contribution in [0.3, 0.4) is 0 Å². The number of hydrogen-bond acceptors (Lipinski definition) is 4. The molecule has 0 unspecified atom stereocenters. The predicted molar refractivity (Wildman–Crippen MR) is 40.3 cm³/mol. The van der Waals surface area contributed by atoms with Crippen molar-refractivity contribution in [1.29, 1.82) is 0 Å². The van der Waals surface area contributed by atoms with Crippen LogP contribution in [0.4, 0.5) is 0 Å². The van der Waals surface area contributed by atoms with Crippen molar-refractivity contribution in [1.82, 2.24) is 0 Å². The Labute approximate surface area is 70.8 Å². The third-order valence-electron chi connectivity index (χ3n) is 1.78. The second kappa shape index (κ2) is 3.56. The van der Waals surface area contributed by atoms with Crippen LogP contribution >= 0.6 is 0 Å². The van der Waals surface area contributed by atoms with E-state index in [0.717, 1.165) is 0 Å². The summed E-state index contributed by atoms with van der Waals surface area (Å²) >= 11 is 0. The van der Waals surface area contributed by atoms with Crippen LogP contribution in [0.25, 0.3) is 0 Å². The van der Waals surface area contributed by atoms with Gasteiger partial charge in [0.25, 0.3) is 0 Å². The lowest BCUT2D eigenvalue weighted by atomic mass is 10.2. The van der Waals surface area contributed by atoms with Crippen molar-refractivity contribution in [3.05, 3.63) is 0 Å². The normalized spacial score (nSPS) is 29.5. The number of ether oxygens (including phenoxy) is 2. The van der Waals surface area contributed by atoms with E-state index in [2.05, 4.69) is 0 Å². The zero-order chi connectivity index (χ0) is 9.14. The minimum Gasteiger partial charge on any atom is -0.448 e. The van der Waals surface area contributed by atoms with Gasteiger partial charge in [0.05, 0.1) is 0 Å². The summed E-state index contributed by atoms with van der Waals surface area (Å²) in [7, 11) is 0. The maximum atomic E-state index is 11.0. The molecule has 0 aromatic rings. The Morgan fingerprint density at radius 1 is 1.00 bits per heavy atom. The molecular weight excluding hydrogens is 160 g/mol. The van der Waals surface area contributed by atoms with E-state index in [4.69, 9.17) is 9.47 Å². The largest absolute Gasteiger partial charge is 0.448 e. The van der Waals surface area contributed by atoms with Crippen molar-refractivity contribution < 1.29 is 19.1 Å². The molecule has 4 nitrogen and oxygen atoms in total. The molecule has 0 N–H and O–H groups in total. The fraction of sp³-hybridized carbons (Fsp3) is 0.750. The molecule has 1 aliphatic heterocycles. The molecule has 0 amide bonds. The van der Waals surface area contributed by atoms with E-state index in [1.807, 2.05) is 0 Å². The third-order valence-corrected chi connectivity index (χ3v) is 1.78. The molecule has 1 heterocycles. The lowest BCUT2D eigenvalue weighted by Crippen LogP contribution is -2.43. The van der Waals surface area contributed by atoms with E-state index in [1.165, 1.54) is 0 Å². The average Bonchev–Trinajstić information content (AvgIpc) is 2.08. The molecule has 0 aromatic heterocycles. The van der Waals surface area contributed by atoms with Gasteiger partial charge in [0.15, 0.2) is 12.2 Å². The van der Waals surface area contributed by atoms with Gasteiger partial charge in [0.2, 0.25) is 0 Å². The molecule has 0 bridgehead atoms. The molecule has 0 aliphatic carbocycles. The second-order valence-electron chi connectivity index (χ2n) is 2.67. The number of rotatable bonds is 2. The summed E-state index contributed by atoms with van der Waals surface area (Å²) in [6.07, 6.45) is -0.442. The molecule has 1 fully saturated rings. The van der Waals surface area contributed by atoms with E-state index in [-0.39, 0.29) is 0 Å². The molecule has 0 aromatic carbocycles. The minimum atomic E-state index is -0.694. The van der Waals surface area contributed by atoms with Gasteiger partial charge in [0, 0.05) is 0 Å². The Morgan fingerprint density at radius 2 is 1.33 bits per heavy atom. The molecule has 1 rings (SSSR count). The second-order valence-corrected chi connectivity index (χ2v) is 2.67. The van der Waals surface area contributed by atoms with Crippen LogP contribution in [0.2, 0.25) is 0 Å². The van der Waals surface area contributed by atoms with Gasteiger partial charge in [-0.05, 0) is 12.8 Å². The lowest BCUT2D eigenvalue weighted by Gasteiger charge is -2.25. The monoisotopic (exact) mass is 172 g/mol. The van der Waals surface area contributed by atoms with Gasteiger partial charge in [-0.3, -0.25) is 0 Å². The van der Waals surface area contributed by atoms with Crippen molar-refractivity contribution in [3.63, 3.8) is 0 Å². The minimum absolute atomic E-state index is 0.427. The fourth-order valence-corrected chi connectivity index (χ4v) is 1.03. The van der Waals surface area contributed by atoms with Gasteiger partial charge >= 0.3 is 11.9 Å². The van der Waals surface area contributed by atoms with Crippen LogP contribution in [-0.2, 0) is 19.1 Å². The number of carbonyl (C=O) groups excluding carboxylic acids is 2. The van der Waals surface area contributed by atoms with E-state index in [1.54, 1.807) is 13.8 Å². The highest BCUT2D eigenvalue weighted by Gasteiger charge is 2.35. The molecule has 2 atom stereocenters. The van der Waals surface area contributed by atoms with Crippen molar-refractivity contribution in [2.24, 2.45) is 0 Å². The lowest BCUT2D eigenvalue weighted by molar-refractivity contribution is -0.195. The first-order valence-electron chi connectivity index (χ1n) is 4.10. The topological polar surface area (TPSA) is 52.6 Å². The summed E-state index contributed by atoms with van der Waals surface area (Å²) < 4.78 is 9.68. The first kappa shape index (κ1) is 9.03. The molecular formula is C8H12O4. The summed E-state index contributed by atoms with van der Waals surface area (Å²) in [5.74, 6) is -0.854. The highest BCUT2D eigenvalue weighted by molar-refractivity contribution is 5.87. The van der Waals surface area contributed by atoms with Crippen molar-refractivity contribution in [3.8, 4) is 0 Å².